The summed E-state index contributed by atoms with van der Waals surface area (Å²) < 4.78 is 10.3. The summed E-state index contributed by atoms with van der Waals surface area (Å²) in [6.07, 6.45) is 1.63. The predicted molar refractivity (Wildman–Crippen MR) is 74.1 cm³/mol. The van der Waals surface area contributed by atoms with Crippen molar-refractivity contribution < 1.29 is 13.7 Å². The maximum Gasteiger partial charge on any atom is 0.243 e. The fraction of sp³-hybridized carbons (Fsp3) is 0.429. The summed E-state index contributed by atoms with van der Waals surface area (Å²) in [4.78, 5) is 14.2. The van der Waals surface area contributed by atoms with E-state index in [-0.39, 0.29) is 11.9 Å². The van der Waals surface area contributed by atoms with Gasteiger partial charge in [-0.15, -0.1) is 0 Å². The van der Waals surface area contributed by atoms with Gasteiger partial charge in [-0.05, 0) is 32.5 Å². The van der Waals surface area contributed by atoms with Crippen LogP contribution >= 0.6 is 0 Å². The number of aromatic nitrogens is 1. The molecule has 0 unspecified atom stereocenters. The Balaban J connectivity index is 1.96. The molecule has 2 rings (SSSR count). The topological polar surface area (TPSA) is 71.5 Å². The molecule has 1 amide bonds. The third-order valence-corrected chi connectivity index (χ3v) is 3.15. The number of carbonyl (C=O) groups is 1. The molecular formula is C14H19N3O3. The number of hydrogen-bond acceptors (Lipinski definition) is 5. The Morgan fingerprint density at radius 2 is 2.35 bits per heavy atom. The lowest BCUT2D eigenvalue weighted by Gasteiger charge is -2.25. The van der Waals surface area contributed by atoms with Gasteiger partial charge >= 0.3 is 0 Å². The molecule has 1 N–H and O–H groups in total. The van der Waals surface area contributed by atoms with Crippen molar-refractivity contribution in [2.75, 3.05) is 11.9 Å². The molecule has 0 aliphatic carbocycles. The van der Waals surface area contributed by atoms with E-state index in [1.165, 1.54) is 0 Å². The van der Waals surface area contributed by atoms with Crippen LogP contribution in [-0.4, -0.2) is 28.6 Å². The molecule has 0 saturated heterocycles. The van der Waals surface area contributed by atoms with Crippen molar-refractivity contribution in [3.63, 3.8) is 0 Å². The van der Waals surface area contributed by atoms with E-state index in [9.17, 15) is 4.79 Å². The maximum absolute atomic E-state index is 12.2. The van der Waals surface area contributed by atoms with Gasteiger partial charge in [-0.2, -0.15) is 0 Å². The van der Waals surface area contributed by atoms with Gasteiger partial charge in [0.1, 0.15) is 5.76 Å². The van der Waals surface area contributed by atoms with E-state index in [1.54, 1.807) is 19.3 Å². The van der Waals surface area contributed by atoms with E-state index in [4.69, 9.17) is 8.94 Å². The summed E-state index contributed by atoms with van der Waals surface area (Å²) in [7, 11) is 0. The van der Waals surface area contributed by atoms with Crippen molar-refractivity contribution in [3.05, 3.63) is 35.9 Å². The van der Waals surface area contributed by atoms with Crippen LogP contribution < -0.4 is 5.32 Å². The molecule has 0 aliphatic heterocycles. The minimum Gasteiger partial charge on any atom is -0.468 e. The van der Waals surface area contributed by atoms with Crippen LogP contribution in [0.4, 0.5) is 5.88 Å². The Morgan fingerprint density at radius 3 is 2.90 bits per heavy atom. The van der Waals surface area contributed by atoms with Crippen molar-refractivity contribution in [3.8, 4) is 0 Å². The zero-order valence-corrected chi connectivity index (χ0v) is 11.9. The molecule has 0 saturated carbocycles. The number of hydrogen-bond donors (Lipinski definition) is 1. The van der Waals surface area contributed by atoms with Crippen LogP contribution in [0.2, 0.25) is 0 Å². The Bertz CT molecular complexity index is 548. The molecule has 0 aliphatic rings. The zero-order chi connectivity index (χ0) is 14.5. The van der Waals surface area contributed by atoms with Crippen LogP contribution in [0.5, 0.6) is 0 Å². The number of aryl methyl sites for hydroxylation is 1. The van der Waals surface area contributed by atoms with E-state index < -0.39 is 0 Å². The van der Waals surface area contributed by atoms with Gasteiger partial charge in [0.05, 0.1) is 24.5 Å². The van der Waals surface area contributed by atoms with Crippen molar-refractivity contribution in [2.24, 2.45) is 0 Å². The third-order valence-electron chi connectivity index (χ3n) is 3.15. The quantitative estimate of drug-likeness (QED) is 0.878. The molecule has 2 heterocycles. The van der Waals surface area contributed by atoms with E-state index in [2.05, 4.69) is 10.5 Å². The summed E-state index contributed by atoms with van der Waals surface area (Å²) in [6.45, 7) is 6.99. The Kier molecular flexibility index (Phi) is 4.57. The highest BCUT2D eigenvalue weighted by Gasteiger charge is 2.22. The van der Waals surface area contributed by atoms with Gasteiger partial charge in [0.25, 0.3) is 0 Å². The number of furan rings is 1. The number of amides is 1. The van der Waals surface area contributed by atoms with Crippen molar-refractivity contribution in [2.45, 2.75) is 33.4 Å². The minimum absolute atomic E-state index is 0.130. The number of nitrogens with one attached hydrogen (secondary N) is 1. The van der Waals surface area contributed by atoms with E-state index in [0.29, 0.717) is 12.4 Å². The van der Waals surface area contributed by atoms with Gasteiger partial charge in [0.2, 0.25) is 11.8 Å². The summed E-state index contributed by atoms with van der Waals surface area (Å²) in [5.74, 6) is 1.07. The van der Waals surface area contributed by atoms with E-state index >= 15 is 0 Å². The molecule has 2 aromatic heterocycles. The molecule has 20 heavy (non-hydrogen) atoms. The van der Waals surface area contributed by atoms with Crippen LogP contribution in [0.1, 0.15) is 25.3 Å². The first-order chi connectivity index (χ1) is 9.60. The van der Waals surface area contributed by atoms with Gasteiger partial charge < -0.3 is 8.94 Å². The smallest absolute Gasteiger partial charge is 0.243 e. The third kappa shape index (κ3) is 3.48. The first-order valence-electron chi connectivity index (χ1n) is 6.60. The first kappa shape index (κ1) is 14.3. The van der Waals surface area contributed by atoms with Crippen molar-refractivity contribution in [1.82, 2.24) is 10.1 Å². The highest BCUT2D eigenvalue weighted by molar-refractivity contribution is 5.93. The molecule has 0 radical (unpaired) electrons. The van der Waals surface area contributed by atoms with Gasteiger partial charge in [0, 0.05) is 6.07 Å². The number of anilines is 1. The van der Waals surface area contributed by atoms with Crippen LogP contribution in [-0.2, 0) is 11.3 Å². The maximum atomic E-state index is 12.2. The average Bonchev–Trinajstić information content (AvgIpc) is 3.07. The number of likely N-dealkylation sites (N-methyl/N-ethyl adjacent to an activating group) is 1. The zero-order valence-electron chi connectivity index (χ0n) is 11.9. The normalized spacial score (nSPS) is 12.6. The highest BCUT2D eigenvalue weighted by Crippen LogP contribution is 2.12. The molecule has 0 bridgehead atoms. The van der Waals surface area contributed by atoms with E-state index in [1.807, 2.05) is 30.9 Å². The SMILES string of the molecule is CCN(Cc1ccco1)[C@H](C)C(=O)Nc1cc(C)no1. The molecule has 0 aromatic carbocycles. The van der Waals surface area contributed by atoms with Crippen LogP contribution in [0.25, 0.3) is 0 Å². The van der Waals surface area contributed by atoms with Crippen LogP contribution in [0.3, 0.4) is 0 Å². The predicted octanol–water partition coefficient (Wildman–Crippen LogP) is 2.43. The fourth-order valence-electron chi connectivity index (χ4n) is 1.94. The number of nitrogens with zero attached hydrogens (tertiary/aromatic N) is 2. The summed E-state index contributed by atoms with van der Waals surface area (Å²) in [5, 5.41) is 6.45. The lowest BCUT2D eigenvalue weighted by Crippen LogP contribution is -2.41. The molecule has 0 spiro atoms. The second-order valence-electron chi connectivity index (χ2n) is 4.64. The van der Waals surface area contributed by atoms with Gasteiger partial charge in [-0.1, -0.05) is 12.1 Å². The second kappa shape index (κ2) is 6.38. The van der Waals surface area contributed by atoms with Gasteiger partial charge in [0.15, 0.2) is 0 Å². The number of carbonyl (C=O) groups excluding carboxylic acids is 1. The van der Waals surface area contributed by atoms with Gasteiger partial charge in [-0.3, -0.25) is 15.0 Å². The molecule has 6 nitrogen and oxygen atoms in total. The van der Waals surface area contributed by atoms with Gasteiger partial charge in [-0.25, -0.2) is 0 Å². The Labute approximate surface area is 117 Å². The Hall–Kier alpha value is -2.08. The largest absolute Gasteiger partial charge is 0.468 e. The second-order valence-corrected chi connectivity index (χ2v) is 4.64. The number of rotatable bonds is 6. The molecule has 2 aromatic rings. The first-order valence-corrected chi connectivity index (χ1v) is 6.60. The summed E-state index contributed by atoms with van der Waals surface area (Å²) >= 11 is 0. The van der Waals surface area contributed by atoms with E-state index in [0.717, 1.165) is 18.0 Å². The van der Waals surface area contributed by atoms with Crippen LogP contribution in [0, 0.1) is 6.92 Å². The Morgan fingerprint density at radius 1 is 1.55 bits per heavy atom. The monoisotopic (exact) mass is 277 g/mol. The van der Waals surface area contributed by atoms with Crippen molar-refractivity contribution >= 4 is 11.8 Å². The molecule has 108 valence electrons. The fourth-order valence-corrected chi connectivity index (χ4v) is 1.94. The summed E-state index contributed by atoms with van der Waals surface area (Å²) in [5.41, 5.74) is 0.732. The standard InChI is InChI=1S/C14H19N3O3/c1-4-17(9-12-6-5-7-19-12)11(3)14(18)15-13-8-10(2)16-20-13/h5-8,11H,4,9H2,1-3H3,(H,15,18)/t11-/m1/s1. The lowest BCUT2D eigenvalue weighted by atomic mass is 10.2. The average molecular weight is 277 g/mol. The molecule has 0 fully saturated rings. The minimum atomic E-state index is -0.296. The van der Waals surface area contributed by atoms with Crippen molar-refractivity contribution in [1.29, 1.82) is 0 Å². The molecular weight excluding hydrogens is 258 g/mol. The molecule has 1 atom stereocenters. The summed E-state index contributed by atoms with van der Waals surface area (Å²) in [6, 6.07) is 5.13. The highest BCUT2D eigenvalue weighted by atomic mass is 16.5. The lowest BCUT2D eigenvalue weighted by molar-refractivity contribution is -0.121. The molecule has 6 heteroatoms. The van der Waals surface area contributed by atoms with Crippen LogP contribution in [0.15, 0.2) is 33.4 Å².